The van der Waals surface area contributed by atoms with Crippen molar-refractivity contribution in [1.82, 2.24) is 25.4 Å². The van der Waals surface area contributed by atoms with Crippen LogP contribution in [-0.2, 0) is 0 Å². The van der Waals surface area contributed by atoms with E-state index in [1.807, 2.05) is 36.4 Å². The molecule has 174 valence electrons. The third-order valence-electron chi connectivity index (χ3n) is 5.80. The summed E-state index contributed by atoms with van der Waals surface area (Å²) in [7, 11) is 0. The first kappa shape index (κ1) is 21.8. The number of anilines is 2. The van der Waals surface area contributed by atoms with Gasteiger partial charge in [0.05, 0.1) is 18.4 Å². The highest BCUT2D eigenvalue weighted by molar-refractivity contribution is 5.83. The van der Waals surface area contributed by atoms with E-state index >= 15 is 0 Å². The first-order chi connectivity index (χ1) is 16.7. The van der Waals surface area contributed by atoms with Gasteiger partial charge in [-0.3, -0.25) is 4.98 Å². The number of nitrogens with one attached hydrogen (secondary N) is 2. The van der Waals surface area contributed by atoms with E-state index in [-0.39, 0.29) is 5.75 Å². The summed E-state index contributed by atoms with van der Waals surface area (Å²) in [5.41, 5.74) is 3.11. The number of hydrogen-bond acceptors (Lipinski definition) is 9. The van der Waals surface area contributed by atoms with Gasteiger partial charge in [0.25, 0.3) is 0 Å². The second-order valence-corrected chi connectivity index (χ2v) is 8.30. The number of aryl methyl sites for hydroxylation is 1. The van der Waals surface area contributed by atoms with Gasteiger partial charge >= 0.3 is 0 Å². The third kappa shape index (κ3) is 4.84. The van der Waals surface area contributed by atoms with Gasteiger partial charge in [-0.05, 0) is 50.6 Å². The Kier molecular flexibility index (Phi) is 6.35. The molecule has 0 aliphatic carbocycles. The minimum absolute atomic E-state index is 0.0645. The molecule has 1 aliphatic rings. The van der Waals surface area contributed by atoms with Crippen LogP contribution in [0.3, 0.4) is 0 Å². The second-order valence-electron chi connectivity index (χ2n) is 8.30. The van der Waals surface area contributed by atoms with E-state index in [2.05, 4.69) is 30.7 Å². The molecule has 3 N–H and O–H groups in total. The van der Waals surface area contributed by atoms with Gasteiger partial charge in [0.15, 0.2) is 5.75 Å². The third-order valence-corrected chi connectivity index (χ3v) is 5.80. The molecule has 3 aromatic heterocycles. The summed E-state index contributed by atoms with van der Waals surface area (Å²) in [5.74, 6) is 2.12. The molecule has 9 heteroatoms. The maximum atomic E-state index is 10.5. The van der Waals surface area contributed by atoms with Gasteiger partial charge < -0.3 is 25.0 Å². The Balaban J connectivity index is 1.37. The molecule has 4 aromatic rings. The Morgan fingerprint density at radius 2 is 2.09 bits per heavy atom. The summed E-state index contributed by atoms with van der Waals surface area (Å²) in [6, 6.07) is 11.3. The van der Waals surface area contributed by atoms with Gasteiger partial charge in [0, 0.05) is 42.2 Å². The number of aromatic hydroxyl groups is 1. The lowest BCUT2D eigenvalue weighted by molar-refractivity contribution is 0.218. The van der Waals surface area contributed by atoms with Crippen molar-refractivity contribution in [3.8, 4) is 34.0 Å². The molecule has 0 saturated carbocycles. The standard InChI is InChI=1S/C25H26N6O3/c1-16-22(23(31-34-16)18-7-10-26-11-8-18)24-21(32)14-28-25(30-24)29-19-5-2-6-20(12-19)33-15-17-4-3-9-27-13-17/h2,5-8,10-12,14,17,27,32H,3-4,9,13,15H2,1H3,(H,28,29,30). The van der Waals surface area contributed by atoms with Crippen molar-refractivity contribution in [2.24, 2.45) is 5.92 Å². The highest BCUT2D eigenvalue weighted by Crippen LogP contribution is 2.37. The number of rotatable bonds is 7. The second kappa shape index (κ2) is 9.88. The van der Waals surface area contributed by atoms with Crippen LogP contribution in [0.5, 0.6) is 11.5 Å². The van der Waals surface area contributed by atoms with Crippen LogP contribution >= 0.6 is 0 Å². The summed E-state index contributed by atoms with van der Waals surface area (Å²) in [5, 5.41) is 21.3. The SMILES string of the molecule is Cc1onc(-c2ccncc2)c1-c1nc(Nc2cccc(OCC3CCCNC3)c2)ncc1O. The maximum absolute atomic E-state index is 10.5. The van der Waals surface area contributed by atoms with Gasteiger partial charge in [-0.25, -0.2) is 9.97 Å². The van der Waals surface area contributed by atoms with E-state index in [1.54, 1.807) is 19.3 Å². The van der Waals surface area contributed by atoms with E-state index in [0.29, 0.717) is 41.2 Å². The van der Waals surface area contributed by atoms with Gasteiger partial charge in [-0.15, -0.1) is 0 Å². The molecule has 0 amide bonds. The fraction of sp³-hybridized carbons (Fsp3) is 0.280. The van der Waals surface area contributed by atoms with Gasteiger partial charge in [0.1, 0.15) is 22.9 Å². The Bertz CT molecular complexity index is 1250. The van der Waals surface area contributed by atoms with Crippen molar-refractivity contribution in [2.45, 2.75) is 19.8 Å². The summed E-state index contributed by atoms with van der Waals surface area (Å²) in [6.07, 6.45) is 7.08. The Labute approximate surface area is 197 Å². The average molecular weight is 459 g/mol. The Hall–Kier alpha value is -3.98. The van der Waals surface area contributed by atoms with Gasteiger partial charge in [0.2, 0.25) is 5.95 Å². The molecule has 0 bridgehead atoms. The van der Waals surface area contributed by atoms with Crippen LogP contribution in [0.4, 0.5) is 11.6 Å². The summed E-state index contributed by atoms with van der Waals surface area (Å²) in [4.78, 5) is 12.9. The summed E-state index contributed by atoms with van der Waals surface area (Å²) in [6.45, 7) is 4.54. The van der Waals surface area contributed by atoms with E-state index in [9.17, 15) is 5.11 Å². The van der Waals surface area contributed by atoms with Crippen LogP contribution in [0.2, 0.25) is 0 Å². The topological polar surface area (TPSA) is 118 Å². The number of nitrogens with zero attached hydrogens (tertiary/aromatic N) is 4. The molecular weight excluding hydrogens is 432 g/mol. The number of piperidine rings is 1. The number of ether oxygens (including phenoxy) is 1. The zero-order valence-corrected chi connectivity index (χ0v) is 18.9. The van der Waals surface area contributed by atoms with Crippen molar-refractivity contribution in [1.29, 1.82) is 0 Å². The molecule has 0 spiro atoms. The largest absolute Gasteiger partial charge is 0.504 e. The monoisotopic (exact) mass is 458 g/mol. The molecule has 9 nitrogen and oxygen atoms in total. The van der Waals surface area contributed by atoms with Gasteiger partial charge in [-0.1, -0.05) is 11.2 Å². The predicted octanol–water partition coefficient (Wildman–Crippen LogP) is 4.33. The molecule has 1 fully saturated rings. The highest BCUT2D eigenvalue weighted by Gasteiger charge is 2.22. The van der Waals surface area contributed by atoms with Crippen LogP contribution in [0.15, 0.2) is 59.5 Å². The van der Waals surface area contributed by atoms with Crippen molar-refractivity contribution in [2.75, 3.05) is 25.0 Å². The fourth-order valence-corrected chi connectivity index (χ4v) is 4.05. The van der Waals surface area contributed by atoms with Crippen molar-refractivity contribution in [3.63, 3.8) is 0 Å². The summed E-state index contributed by atoms with van der Waals surface area (Å²) < 4.78 is 11.4. The van der Waals surface area contributed by atoms with Crippen LogP contribution < -0.4 is 15.4 Å². The molecule has 1 aromatic carbocycles. The lowest BCUT2D eigenvalue weighted by Gasteiger charge is -2.22. The molecule has 1 aliphatic heterocycles. The molecule has 1 atom stereocenters. The smallest absolute Gasteiger partial charge is 0.227 e. The minimum Gasteiger partial charge on any atom is -0.504 e. The Morgan fingerprint density at radius 3 is 2.91 bits per heavy atom. The highest BCUT2D eigenvalue weighted by atomic mass is 16.5. The van der Waals surface area contributed by atoms with Crippen LogP contribution in [0.1, 0.15) is 18.6 Å². The number of aromatic nitrogens is 4. The number of benzene rings is 1. The molecule has 1 unspecified atom stereocenters. The molecule has 1 saturated heterocycles. The molecular formula is C25H26N6O3. The van der Waals surface area contributed by atoms with E-state index in [1.165, 1.54) is 19.0 Å². The quantitative estimate of drug-likeness (QED) is 0.372. The zero-order valence-electron chi connectivity index (χ0n) is 18.9. The molecule has 34 heavy (non-hydrogen) atoms. The van der Waals surface area contributed by atoms with E-state index in [4.69, 9.17) is 9.26 Å². The fourth-order valence-electron chi connectivity index (χ4n) is 4.05. The van der Waals surface area contributed by atoms with Crippen molar-refractivity contribution < 1.29 is 14.4 Å². The van der Waals surface area contributed by atoms with Crippen LogP contribution in [-0.4, -0.2) is 44.9 Å². The van der Waals surface area contributed by atoms with Crippen LogP contribution in [0.25, 0.3) is 22.5 Å². The molecule has 0 radical (unpaired) electrons. The van der Waals surface area contributed by atoms with E-state index in [0.717, 1.165) is 30.1 Å². The minimum atomic E-state index is -0.0645. The van der Waals surface area contributed by atoms with Crippen molar-refractivity contribution >= 4 is 11.6 Å². The predicted molar refractivity (Wildman–Crippen MR) is 128 cm³/mol. The van der Waals surface area contributed by atoms with Gasteiger partial charge in [-0.2, -0.15) is 0 Å². The average Bonchev–Trinajstić information content (AvgIpc) is 3.26. The molecule has 5 rings (SSSR count). The Morgan fingerprint density at radius 1 is 1.21 bits per heavy atom. The lowest BCUT2D eigenvalue weighted by Crippen LogP contribution is -2.33. The van der Waals surface area contributed by atoms with Crippen LogP contribution in [0, 0.1) is 12.8 Å². The normalized spacial score (nSPS) is 15.7. The molecule has 4 heterocycles. The zero-order chi connectivity index (χ0) is 23.3. The summed E-state index contributed by atoms with van der Waals surface area (Å²) >= 11 is 0. The first-order valence-corrected chi connectivity index (χ1v) is 11.3. The van der Waals surface area contributed by atoms with Crippen molar-refractivity contribution in [3.05, 3.63) is 60.7 Å². The number of pyridine rings is 1. The number of hydrogen-bond donors (Lipinski definition) is 3. The lowest BCUT2D eigenvalue weighted by atomic mass is 10.0. The maximum Gasteiger partial charge on any atom is 0.227 e. The first-order valence-electron chi connectivity index (χ1n) is 11.3. The van der Waals surface area contributed by atoms with E-state index < -0.39 is 0 Å².